The molecule has 0 aromatic heterocycles. The van der Waals surface area contributed by atoms with Crippen LogP contribution in [-0.4, -0.2) is 112 Å². The molecule has 0 rings (SSSR count). The number of aliphatic carboxylic acids is 2. The van der Waals surface area contributed by atoms with Gasteiger partial charge in [-0.05, 0) is 101 Å². The first kappa shape index (κ1) is 73.5. The van der Waals surface area contributed by atoms with Crippen LogP contribution in [0.5, 0.6) is 0 Å². The topological polar surface area (TPSA) is 259 Å². The van der Waals surface area contributed by atoms with Gasteiger partial charge in [-0.15, -0.1) is 0 Å². The zero-order valence-electron chi connectivity index (χ0n) is 45.5. The maximum Gasteiger partial charge on any atom is 0.344 e. The first-order valence-corrected chi connectivity index (χ1v) is 25.9. The van der Waals surface area contributed by atoms with Crippen LogP contribution in [0.25, 0.3) is 0 Å². The molecule has 18 nitrogen and oxygen atoms in total. The van der Waals surface area contributed by atoms with E-state index in [2.05, 4.69) is 61.2 Å². The van der Waals surface area contributed by atoms with Crippen molar-refractivity contribution in [2.75, 3.05) is 18.5 Å². The molecule has 0 aromatic rings. The predicted molar refractivity (Wildman–Crippen MR) is 277 cm³/mol. The van der Waals surface area contributed by atoms with Gasteiger partial charge in [0.25, 0.3) is 0 Å². The number of rotatable bonds is 32. The summed E-state index contributed by atoms with van der Waals surface area (Å²) in [4.78, 5) is 100. The Labute approximate surface area is 437 Å². The van der Waals surface area contributed by atoms with Crippen molar-refractivity contribution in [1.82, 2.24) is 0 Å². The SMILES string of the molecule is C=C(CC(=O)O[C@@H](C)CCCCCC)C(=O)O.C=C(CC(=O)O[C@@H](C)CCCCCC)C(=O)OCC(=O)O.C=C(CC(=O)O[C@@H](C)CCCCCC)C(=O)OCC(=O)OC(C)(C)C.CC(C)(C)OC(=O)CBr. The molecule has 0 aliphatic rings. The molecule has 0 unspecified atom stereocenters. The summed E-state index contributed by atoms with van der Waals surface area (Å²) in [6, 6.07) is 0. The minimum atomic E-state index is -1.26. The molecule has 72 heavy (non-hydrogen) atoms. The normalized spacial score (nSPS) is 11.8. The maximum absolute atomic E-state index is 11.8. The number of halogens is 1. The molecule has 0 aromatic carbocycles. The molecule has 0 spiro atoms. The van der Waals surface area contributed by atoms with Gasteiger partial charge < -0.3 is 43.4 Å². The molecule has 0 aliphatic heterocycles. The molecule has 0 amide bonds. The third kappa shape index (κ3) is 52.7. The molecule has 2 N–H and O–H groups in total. The van der Waals surface area contributed by atoms with E-state index < -0.39 is 66.6 Å². The van der Waals surface area contributed by atoms with E-state index in [1.807, 2.05) is 34.6 Å². The van der Waals surface area contributed by atoms with Gasteiger partial charge in [-0.3, -0.25) is 19.2 Å². The van der Waals surface area contributed by atoms with Gasteiger partial charge in [0.05, 0.1) is 37.6 Å². The van der Waals surface area contributed by atoms with Crippen molar-refractivity contribution in [3.63, 3.8) is 0 Å². The summed E-state index contributed by atoms with van der Waals surface area (Å²) in [5.74, 6) is -6.60. The molecule has 0 radical (unpaired) electrons. The van der Waals surface area contributed by atoms with Crippen molar-refractivity contribution >= 4 is 69.7 Å². The van der Waals surface area contributed by atoms with Crippen LogP contribution < -0.4 is 0 Å². The zero-order valence-corrected chi connectivity index (χ0v) is 47.1. The van der Waals surface area contributed by atoms with Crippen LogP contribution in [0.3, 0.4) is 0 Å². The highest BCUT2D eigenvalue weighted by molar-refractivity contribution is 9.09. The van der Waals surface area contributed by atoms with Gasteiger partial charge in [-0.1, -0.05) is 114 Å². The summed E-state index contributed by atoms with van der Waals surface area (Å²) < 4.78 is 34.6. The summed E-state index contributed by atoms with van der Waals surface area (Å²) in [5, 5.41) is 17.2. The number of esters is 7. The summed E-state index contributed by atoms with van der Waals surface area (Å²) >= 11 is 2.99. The van der Waals surface area contributed by atoms with Crippen LogP contribution >= 0.6 is 15.9 Å². The minimum absolute atomic E-state index is 0.0493. The van der Waals surface area contributed by atoms with Gasteiger partial charge in [0.2, 0.25) is 0 Å². The lowest BCUT2D eigenvalue weighted by Crippen LogP contribution is -2.27. The largest absolute Gasteiger partial charge is 0.479 e. The number of carbonyl (C=O) groups is 9. The second-order valence-electron chi connectivity index (χ2n) is 18.9. The number of ether oxygens (including phenoxy) is 7. The van der Waals surface area contributed by atoms with Crippen molar-refractivity contribution in [3.8, 4) is 0 Å². The van der Waals surface area contributed by atoms with E-state index in [9.17, 15) is 43.2 Å². The fourth-order valence-corrected chi connectivity index (χ4v) is 5.60. The molecule has 0 fully saturated rings. The molecular weight excluding hydrogens is 1000 g/mol. The van der Waals surface area contributed by atoms with Gasteiger partial charge in [0, 0.05) is 16.7 Å². The van der Waals surface area contributed by atoms with Crippen LogP contribution in [0, 0.1) is 0 Å². The Balaban J connectivity index is -0.000000449. The van der Waals surface area contributed by atoms with Crippen molar-refractivity contribution < 1.29 is 86.5 Å². The smallest absolute Gasteiger partial charge is 0.344 e. The summed E-state index contributed by atoms with van der Waals surface area (Å²) in [5.41, 5.74) is -1.30. The van der Waals surface area contributed by atoms with Gasteiger partial charge >= 0.3 is 53.7 Å². The Bertz CT molecular complexity index is 1670. The molecule has 19 heteroatoms. The van der Waals surface area contributed by atoms with Crippen molar-refractivity contribution in [3.05, 3.63) is 36.5 Å². The van der Waals surface area contributed by atoms with E-state index in [-0.39, 0.29) is 71.2 Å². The van der Waals surface area contributed by atoms with E-state index in [4.69, 9.17) is 38.6 Å². The number of hydrogen-bond donors (Lipinski definition) is 2. The van der Waals surface area contributed by atoms with Crippen LogP contribution in [0.4, 0.5) is 0 Å². The summed E-state index contributed by atoms with van der Waals surface area (Å²) in [7, 11) is 0. The van der Waals surface area contributed by atoms with Crippen molar-refractivity contribution in [1.29, 1.82) is 0 Å². The second kappa shape index (κ2) is 43.5. The van der Waals surface area contributed by atoms with Crippen LogP contribution in [0.2, 0.25) is 0 Å². The number of hydrogen-bond acceptors (Lipinski definition) is 16. The fourth-order valence-electron chi connectivity index (χ4n) is 5.49. The highest BCUT2D eigenvalue weighted by Gasteiger charge is 2.22. The van der Waals surface area contributed by atoms with E-state index in [0.717, 1.165) is 77.0 Å². The third-order valence-corrected chi connectivity index (χ3v) is 9.40. The van der Waals surface area contributed by atoms with Crippen LogP contribution in [0.1, 0.15) is 199 Å². The average Bonchev–Trinajstić information content (AvgIpc) is 3.25. The third-order valence-electron chi connectivity index (χ3n) is 8.94. The molecule has 0 bridgehead atoms. The average molecular weight is 1090 g/mol. The molecule has 0 aliphatic carbocycles. The Morgan fingerprint density at radius 2 is 0.764 bits per heavy atom. The molecule has 3 atom stereocenters. The zero-order chi connectivity index (χ0) is 56.5. The lowest BCUT2D eigenvalue weighted by atomic mass is 10.1. The Morgan fingerprint density at radius 1 is 0.458 bits per heavy atom. The number of carboxylic acids is 2. The van der Waals surface area contributed by atoms with E-state index in [1.165, 1.54) is 19.3 Å². The number of unbranched alkanes of at least 4 members (excludes halogenated alkanes) is 9. The first-order valence-electron chi connectivity index (χ1n) is 24.7. The van der Waals surface area contributed by atoms with Gasteiger partial charge in [0.15, 0.2) is 13.2 Å². The molecule has 0 heterocycles. The Kier molecular flexibility index (Phi) is 44.4. The molecule has 0 saturated carbocycles. The predicted octanol–water partition coefficient (Wildman–Crippen LogP) is 10.8. The first-order chi connectivity index (χ1) is 33.3. The fraction of sp³-hybridized carbons (Fsp3) is 0.717. The Hall–Kier alpha value is -5.07. The Morgan fingerprint density at radius 3 is 1.03 bits per heavy atom. The molecule has 416 valence electrons. The summed E-state index contributed by atoms with van der Waals surface area (Å²) in [6.45, 7) is 31.5. The second-order valence-corrected chi connectivity index (χ2v) is 19.5. The maximum atomic E-state index is 11.8. The molecule has 0 saturated heterocycles. The highest BCUT2D eigenvalue weighted by Crippen LogP contribution is 2.14. The van der Waals surface area contributed by atoms with Crippen molar-refractivity contribution in [2.24, 2.45) is 0 Å². The lowest BCUT2D eigenvalue weighted by molar-refractivity contribution is -0.165. The monoisotopic (exact) mass is 1090 g/mol. The van der Waals surface area contributed by atoms with Gasteiger partial charge in [-0.2, -0.15) is 0 Å². The molecular formula is C53H89BrO18. The summed E-state index contributed by atoms with van der Waals surface area (Å²) in [6.07, 6.45) is 14.4. The van der Waals surface area contributed by atoms with E-state index >= 15 is 0 Å². The lowest BCUT2D eigenvalue weighted by Gasteiger charge is -2.19. The highest BCUT2D eigenvalue weighted by atomic mass is 79.9. The van der Waals surface area contributed by atoms with Crippen molar-refractivity contribution in [2.45, 2.75) is 228 Å². The van der Waals surface area contributed by atoms with E-state index in [1.54, 1.807) is 27.7 Å². The minimum Gasteiger partial charge on any atom is -0.479 e. The standard InChI is InChI=1S/C19H32O6.C15H24O6.C13H22O4.C6H11BrO2/c1-7-8-9-10-11-15(3)24-16(20)12-14(2)18(22)23-13-17(21)25-19(4,5)6;1-4-5-6-7-8-12(3)21-14(18)9-11(2)15(19)20-10-13(16)17;1-4-5-6-7-8-11(3)17-12(14)9-10(2)13(15)16;1-6(2,3)9-5(8)4-7/h15H,2,7-13H2,1,3-6H3;12H,2,4-10H2,1,3H3,(H,16,17);11H,2,4-9H2,1,3H3,(H,15,16);4H2,1-3H3/t15-;12-;11-;/m000./s1. The number of carboxylic acid groups (broad SMARTS) is 2. The van der Waals surface area contributed by atoms with Gasteiger partial charge in [-0.25, -0.2) is 24.0 Å². The van der Waals surface area contributed by atoms with E-state index in [0.29, 0.717) is 0 Å². The van der Waals surface area contributed by atoms with Crippen LogP contribution in [0.15, 0.2) is 36.5 Å². The number of carbonyl (C=O) groups excluding carboxylic acids is 7. The van der Waals surface area contributed by atoms with Gasteiger partial charge in [0.1, 0.15) is 16.5 Å². The number of alkyl halides is 1. The quantitative estimate of drug-likeness (QED) is 0.0209. The van der Waals surface area contributed by atoms with Crippen LogP contribution in [-0.2, 0) is 76.3 Å².